The average molecular weight is 375 g/mol. The van der Waals surface area contributed by atoms with Gasteiger partial charge < -0.3 is 5.32 Å². The lowest BCUT2D eigenvalue weighted by atomic mass is 9.99. The summed E-state index contributed by atoms with van der Waals surface area (Å²) in [6.45, 7) is 5.43. The average Bonchev–Trinajstić information content (AvgIpc) is 2.45. The van der Waals surface area contributed by atoms with Crippen LogP contribution in [-0.2, 0) is 0 Å². The van der Waals surface area contributed by atoms with Gasteiger partial charge in [0.05, 0.1) is 0 Å². The third-order valence-electron chi connectivity index (χ3n) is 3.88. The quantitative estimate of drug-likeness (QED) is 0.416. The summed E-state index contributed by atoms with van der Waals surface area (Å²) in [6, 6.07) is 6.54. The van der Waals surface area contributed by atoms with Gasteiger partial charge in [-0.25, -0.2) is 0 Å². The van der Waals surface area contributed by atoms with Gasteiger partial charge in [0.15, 0.2) is 0 Å². The molecule has 0 heterocycles. The summed E-state index contributed by atoms with van der Waals surface area (Å²) in [5, 5.41) is 4.39. The molecule has 0 aromatic heterocycles. The third-order valence-corrected chi connectivity index (χ3v) is 4.81. The molecule has 0 radical (unpaired) electrons. The van der Waals surface area contributed by atoms with Crippen LogP contribution in [0.2, 0.25) is 5.02 Å². The summed E-state index contributed by atoms with van der Waals surface area (Å²) in [6.07, 6.45) is 10.7. The number of hydrogen-bond acceptors (Lipinski definition) is 1. The maximum Gasteiger partial charge on any atom is 0.0417 e. The van der Waals surface area contributed by atoms with Crippen LogP contribution in [-0.4, -0.2) is 6.54 Å². The molecule has 0 bridgehead atoms. The minimum Gasteiger partial charge on any atom is -0.310 e. The van der Waals surface area contributed by atoms with Crippen molar-refractivity contribution >= 4 is 27.5 Å². The molecule has 0 amide bonds. The normalized spacial score (nSPS) is 12.6. The smallest absolute Gasteiger partial charge is 0.0417 e. The lowest BCUT2D eigenvalue weighted by Crippen LogP contribution is -2.21. The molecule has 0 aliphatic heterocycles. The highest BCUT2D eigenvalue weighted by atomic mass is 79.9. The van der Waals surface area contributed by atoms with Gasteiger partial charge in [0.25, 0.3) is 0 Å². The minimum absolute atomic E-state index is 0.428. The number of halogens is 2. The lowest BCUT2D eigenvalue weighted by molar-refractivity contribution is 0.474. The van der Waals surface area contributed by atoms with Gasteiger partial charge in [-0.15, -0.1) is 0 Å². The largest absolute Gasteiger partial charge is 0.310 e. The zero-order chi connectivity index (χ0) is 15.5. The maximum atomic E-state index is 6.04. The molecule has 120 valence electrons. The Morgan fingerprint density at radius 1 is 1.05 bits per heavy atom. The number of nitrogens with one attached hydrogen (secondary N) is 1. The molecule has 1 N–H and O–H groups in total. The van der Waals surface area contributed by atoms with Crippen LogP contribution in [0, 0.1) is 0 Å². The van der Waals surface area contributed by atoms with Gasteiger partial charge in [0.2, 0.25) is 0 Å². The highest BCUT2D eigenvalue weighted by Crippen LogP contribution is 2.29. The zero-order valence-corrected chi connectivity index (χ0v) is 15.8. The van der Waals surface area contributed by atoms with Crippen molar-refractivity contribution in [1.29, 1.82) is 0 Å². The molecule has 0 saturated carbocycles. The molecule has 0 saturated heterocycles. The van der Waals surface area contributed by atoms with E-state index in [2.05, 4.69) is 41.2 Å². The minimum atomic E-state index is 0.428. The van der Waals surface area contributed by atoms with Crippen molar-refractivity contribution in [2.45, 2.75) is 71.3 Å². The Labute approximate surface area is 144 Å². The van der Waals surface area contributed by atoms with E-state index in [1.54, 1.807) is 0 Å². The van der Waals surface area contributed by atoms with E-state index in [1.165, 1.54) is 56.9 Å². The molecule has 0 spiro atoms. The molecule has 1 unspecified atom stereocenters. The Balaban J connectivity index is 2.39. The highest BCUT2D eigenvalue weighted by molar-refractivity contribution is 9.10. The van der Waals surface area contributed by atoms with E-state index in [0.29, 0.717) is 6.04 Å². The Bertz CT molecular complexity index is 395. The summed E-state index contributed by atoms with van der Waals surface area (Å²) in [7, 11) is 0. The van der Waals surface area contributed by atoms with Crippen molar-refractivity contribution in [3.63, 3.8) is 0 Å². The van der Waals surface area contributed by atoms with Gasteiger partial charge in [-0.3, -0.25) is 0 Å². The maximum absolute atomic E-state index is 6.04. The van der Waals surface area contributed by atoms with E-state index in [4.69, 9.17) is 11.6 Å². The lowest BCUT2D eigenvalue weighted by Gasteiger charge is -2.20. The Morgan fingerprint density at radius 3 is 2.33 bits per heavy atom. The van der Waals surface area contributed by atoms with Crippen LogP contribution < -0.4 is 5.32 Å². The van der Waals surface area contributed by atoms with Crippen molar-refractivity contribution in [1.82, 2.24) is 5.32 Å². The Morgan fingerprint density at radius 2 is 1.71 bits per heavy atom. The zero-order valence-electron chi connectivity index (χ0n) is 13.4. The van der Waals surface area contributed by atoms with E-state index < -0.39 is 0 Å². The molecule has 0 aliphatic carbocycles. The van der Waals surface area contributed by atoms with Gasteiger partial charge >= 0.3 is 0 Å². The molecular formula is C18H29BrClN. The van der Waals surface area contributed by atoms with Crippen LogP contribution in [0.25, 0.3) is 0 Å². The standard InChI is InChI=1S/C18H29BrClN/c1-3-5-6-7-8-9-10-11-18(21-4-2)16-13-12-15(20)14-17(16)19/h12-14,18,21H,3-11H2,1-2H3. The second kappa shape index (κ2) is 11.5. The van der Waals surface area contributed by atoms with E-state index >= 15 is 0 Å². The fourth-order valence-corrected chi connectivity index (χ4v) is 3.66. The molecule has 1 rings (SSSR count). The first-order valence-corrected chi connectivity index (χ1v) is 9.54. The molecule has 1 aromatic rings. The second-order valence-electron chi connectivity index (χ2n) is 5.69. The summed E-state index contributed by atoms with van der Waals surface area (Å²) >= 11 is 9.68. The van der Waals surface area contributed by atoms with Crippen molar-refractivity contribution in [3.8, 4) is 0 Å². The van der Waals surface area contributed by atoms with Crippen molar-refractivity contribution in [2.75, 3.05) is 6.54 Å². The topological polar surface area (TPSA) is 12.0 Å². The Kier molecular flexibility index (Phi) is 10.4. The molecule has 1 aromatic carbocycles. The monoisotopic (exact) mass is 373 g/mol. The van der Waals surface area contributed by atoms with E-state index in [0.717, 1.165) is 16.0 Å². The molecular weight excluding hydrogens is 346 g/mol. The van der Waals surface area contributed by atoms with Crippen LogP contribution in [0.5, 0.6) is 0 Å². The van der Waals surface area contributed by atoms with Crippen LogP contribution >= 0.6 is 27.5 Å². The summed E-state index contributed by atoms with van der Waals surface area (Å²) in [5.41, 5.74) is 1.33. The Hall–Kier alpha value is -0.0500. The first-order chi connectivity index (χ1) is 10.2. The number of unbranched alkanes of at least 4 members (excludes halogenated alkanes) is 6. The predicted molar refractivity (Wildman–Crippen MR) is 98.2 cm³/mol. The van der Waals surface area contributed by atoms with E-state index in [9.17, 15) is 0 Å². The number of hydrogen-bond donors (Lipinski definition) is 1. The van der Waals surface area contributed by atoms with Crippen LogP contribution in [0.3, 0.4) is 0 Å². The van der Waals surface area contributed by atoms with Crippen LogP contribution in [0.1, 0.15) is 76.8 Å². The van der Waals surface area contributed by atoms with Crippen molar-refractivity contribution in [3.05, 3.63) is 33.3 Å². The molecule has 3 heteroatoms. The fraction of sp³-hybridized carbons (Fsp3) is 0.667. The van der Waals surface area contributed by atoms with Gasteiger partial charge in [-0.1, -0.05) is 92.4 Å². The van der Waals surface area contributed by atoms with Gasteiger partial charge in [-0.05, 0) is 30.7 Å². The first-order valence-electron chi connectivity index (χ1n) is 8.37. The summed E-state index contributed by atoms with van der Waals surface area (Å²) in [5.74, 6) is 0. The first kappa shape index (κ1) is 19.0. The molecule has 0 fully saturated rings. The SMILES string of the molecule is CCCCCCCCCC(NCC)c1ccc(Cl)cc1Br. The highest BCUT2D eigenvalue weighted by Gasteiger charge is 2.13. The van der Waals surface area contributed by atoms with E-state index in [-0.39, 0.29) is 0 Å². The fourth-order valence-electron chi connectivity index (χ4n) is 2.70. The molecule has 21 heavy (non-hydrogen) atoms. The summed E-state index contributed by atoms with van der Waals surface area (Å²) < 4.78 is 1.11. The van der Waals surface area contributed by atoms with Crippen molar-refractivity contribution < 1.29 is 0 Å². The number of rotatable bonds is 11. The van der Waals surface area contributed by atoms with Crippen LogP contribution in [0.4, 0.5) is 0 Å². The van der Waals surface area contributed by atoms with Gasteiger partial charge in [0.1, 0.15) is 0 Å². The molecule has 0 aliphatic rings. The van der Waals surface area contributed by atoms with E-state index in [1.807, 2.05) is 12.1 Å². The van der Waals surface area contributed by atoms with Crippen molar-refractivity contribution in [2.24, 2.45) is 0 Å². The molecule has 1 atom stereocenters. The van der Waals surface area contributed by atoms with Gasteiger partial charge in [-0.2, -0.15) is 0 Å². The second-order valence-corrected chi connectivity index (χ2v) is 6.98. The predicted octanol–water partition coefficient (Wildman–Crippen LogP) is 6.89. The molecule has 1 nitrogen and oxygen atoms in total. The van der Waals surface area contributed by atoms with Crippen LogP contribution in [0.15, 0.2) is 22.7 Å². The third kappa shape index (κ3) is 7.67. The summed E-state index contributed by atoms with van der Waals surface area (Å²) in [4.78, 5) is 0. The van der Waals surface area contributed by atoms with Gasteiger partial charge in [0, 0.05) is 15.5 Å². The number of benzene rings is 1.